The van der Waals surface area contributed by atoms with Gasteiger partial charge in [-0.15, -0.1) is 0 Å². The van der Waals surface area contributed by atoms with Gasteiger partial charge >= 0.3 is 5.97 Å². The van der Waals surface area contributed by atoms with Crippen molar-refractivity contribution in [3.63, 3.8) is 0 Å². The van der Waals surface area contributed by atoms with E-state index in [0.717, 1.165) is 0 Å². The van der Waals surface area contributed by atoms with E-state index in [1.165, 1.54) is 0 Å². The highest BCUT2D eigenvalue weighted by atomic mass is 16.5. The van der Waals surface area contributed by atoms with Crippen molar-refractivity contribution in [2.45, 2.75) is 26.7 Å². The van der Waals surface area contributed by atoms with Crippen LogP contribution in [-0.2, 0) is 14.3 Å². The third kappa shape index (κ3) is 7.93. The van der Waals surface area contributed by atoms with Crippen molar-refractivity contribution >= 4 is 11.9 Å². The predicted molar refractivity (Wildman–Crippen MR) is 55.5 cm³/mol. The summed E-state index contributed by atoms with van der Waals surface area (Å²) in [6.07, 6.45) is 1.25. The molecule has 88 valence electrons. The zero-order chi connectivity index (χ0) is 11.7. The molecule has 1 unspecified atom stereocenters. The van der Waals surface area contributed by atoms with Gasteiger partial charge in [0, 0.05) is 13.2 Å². The molecule has 5 heteroatoms. The monoisotopic (exact) mass is 217 g/mol. The van der Waals surface area contributed by atoms with Gasteiger partial charge in [-0.25, -0.2) is 0 Å². The largest absolute Gasteiger partial charge is 0.481 e. The summed E-state index contributed by atoms with van der Waals surface area (Å²) < 4.78 is 4.91. The van der Waals surface area contributed by atoms with Crippen molar-refractivity contribution in [1.82, 2.24) is 5.32 Å². The van der Waals surface area contributed by atoms with Gasteiger partial charge in [0.25, 0.3) is 0 Å². The molecule has 0 aromatic carbocycles. The fraction of sp³-hybridized carbons (Fsp3) is 0.800. The SMILES string of the molecule is CCOCC(=O)NCCCC(C)C(=O)O. The Morgan fingerprint density at radius 3 is 2.67 bits per heavy atom. The van der Waals surface area contributed by atoms with Crippen molar-refractivity contribution < 1.29 is 19.4 Å². The summed E-state index contributed by atoms with van der Waals surface area (Å²) in [6.45, 7) is 4.57. The summed E-state index contributed by atoms with van der Waals surface area (Å²) in [5.74, 6) is -1.30. The van der Waals surface area contributed by atoms with Gasteiger partial charge in [0.2, 0.25) is 5.91 Å². The van der Waals surface area contributed by atoms with Crippen molar-refractivity contribution in [3.8, 4) is 0 Å². The second-order valence-corrected chi connectivity index (χ2v) is 3.37. The maximum atomic E-state index is 11.0. The molecule has 0 saturated heterocycles. The number of carboxylic acids is 1. The molecule has 0 aliphatic rings. The van der Waals surface area contributed by atoms with Crippen LogP contribution in [0.15, 0.2) is 0 Å². The molecule has 0 bridgehead atoms. The van der Waals surface area contributed by atoms with Gasteiger partial charge in [0.05, 0.1) is 5.92 Å². The Hall–Kier alpha value is -1.10. The molecule has 0 aliphatic heterocycles. The van der Waals surface area contributed by atoms with E-state index in [-0.39, 0.29) is 18.4 Å². The van der Waals surface area contributed by atoms with E-state index < -0.39 is 5.97 Å². The van der Waals surface area contributed by atoms with Crippen molar-refractivity contribution in [2.24, 2.45) is 5.92 Å². The Morgan fingerprint density at radius 1 is 1.47 bits per heavy atom. The Morgan fingerprint density at radius 2 is 2.13 bits per heavy atom. The number of carbonyl (C=O) groups excluding carboxylic acids is 1. The topological polar surface area (TPSA) is 75.6 Å². The lowest BCUT2D eigenvalue weighted by Gasteiger charge is -2.07. The molecular formula is C10H19NO4. The van der Waals surface area contributed by atoms with Crippen LogP contribution in [0.1, 0.15) is 26.7 Å². The summed E-state index contributed by atoms with van der Waals surface area (Å²) in [5.41, 5.74) is 0. The molecule has 0 aromatic heterocycles. The van der Waals surface area contributed by atoms with E-state index in [0.29, 0.717) is 26.0 Å². The molecule has 0 rings (SSSR count). The van der Waals surface area contributed by atoms with Gasteiger partial charge in [0.15, 0.2) is 0 Å². The van der Waals surface area contributed by atoms with Gasteiger partial charge in [-0.2, -0.15) is 0 Å². The van der Waals surface area contributed by atoms with Crippen LogP contribution in [0, 0.1) is 5.92 Å². The standard InChI is InChI=1S/C10H19NO4/c1-3-15-7-9(12)11-6-4-5-8(2)10(13)14/h8H,3-7H2,1-2H3,(H,11,12)(H,13,14). The Bertz CT molecular complexity index is 206. The van der Waals surface area contributed by atoms with Gasteiger partial charge in [-0.1, -0.05) is 6.92 Å². The summed E-state index contributed by atoms with van der Waals surface area (Å²) in [5, 5.41) is 11.3. The number of hydrogen-bond donors (Lipinski definition) is 2. The lowest BCUT2D eigenvalue weighted by atomic mass is 10.1. The zero-order valence-corrected chi connectivity index (χ0v) is 9.28. The Labute approximate surface area is 89.8 Å². The maximum Gasteiger partial charge on any atom is 0.306 e. The van der Waals surface area contributed by atoms with Gasteiger partial charge in [0.1, 0.15) is 6.61 Å². The fourth-order valence-corrected chi connectivity index (χ4v) is 1.01. The molecule has 0 spiro atoms. The first-order chi connectivity index (χ1) is 7.07. The van der Waals surface area contributed by atoms with Gasteiger partial charge in [-0.05, 0) is 19.8 Å². The van der Waals surface area contributed by atoms with E-state index in [2.05, 4.69) is 5.32 Å². The zero-order valence-electron chi connectivity index (χ0n) is 9.28. The molecule has 0 fully saturated rings. The summed E-state index contributed by atoms with van der Waals surface area (Å²) in [7, 11) is 0. The fourth-order valence-electron chi connectivity index (χ4n) is 1.01. The summed E-state index contributed by atoms with van der Waals surface area (Å²) in [4.78, 5) is 21.5. The molecule has 1 amide bonds. The number of ether oxygens (including phenoxy) is 1. The highest BCUT2D eigenvalue weighted by Crippen LogP contribution is 2.03. The molecular weight excluding hydrogens is 198 g/mol. The van der Waals surface area contributed by atoms with Crippen molar-refractivity contribution in [1.29, 1.82) is 0 Å². The quantitative estimate of drug-likeness (QED) is 0.585. The maximum absolute atomic E-state index is 11.0. The second kappa shape index (κ2) is 8.23. The number of carbonyl (C=O) groups is 2. The Balaban J connectivity index is 3.38. The van der Waals surface area contributed by atoms with Crippen LogP contribution in [0.2, 0.25) is 0 Å². The molecule has 15 heavy (non-hydrogen) atoms. The third-order valence-electron chi connectivity index (χ3n) is 1.99. The van der Waals surface area contributed by atoms with E-state index in [1.807, 2.05) is 6.92 Å². The lowest BCUT2D eigenvalue weighted by molar-refractivity contribution is -0.141. The number of nitrogens with one attached hydrogen (secondary N) is 1. The average molecular weight is 217 g/mol. The van der Waals surface area contributed by atoms with Crippen LogP contribution in [0.3, 0.4) is 0 Å². The van der Waals surface area contributed by atoms with E-state index in [4.69, 9.17) is 9.84 Å². The molecule has 2 N–H and O–H groups in total. The highest BCUT2D eigenvalue weighted by molar-refractivity contribution is 5.77. The first-order valence-electron chi connectivity index (χ1n) is 5.15. The number of amides is 1. The molecule has 0 radical (unpaired) electrons. The Kier molecular flexibility index (Phi) is 7.62. The van der Waals surface area contributed by atoms with Crippen LogP contribution >= 0.6 is 0 Å². The highest BCUT2D eigenvalue weighted by Gasteiger charge is 2.09. The van der Waals surface area contributed by atoms with Gasteiger partial charge < -0.3 is 15.2 Å². The minimum absolute atomic E-state index is 0.0744. The lowest BCUT2D eigenvalue weighted by Crippen LogP contribution is -2.28. The molecule has 0 saturated carbocycles. The van der Waals surface area contributed by atoms with Crippen molar-refractivity contribution in [3.05, 3.63) is 0 Å². The molecule has 5 nitrogen and oxygen atoms in total. The summed E-state index contributed by atoms with van der Waals surface area (Å²) in [6, 6.07) is 0. The predicted octanol–water partition coefficient (Wildman–Crippen LogP) is 0.640. The average Bonchev–Trinajstić information content (AvgIpc) is 2.20. The number of rotatable bonds is 8. The first kappa shape index (κ1) is 13.9. The van der Waals surface area contributed by atoms with Crippen LogP contribution in [0.25, 0.3) is 0 Å². The van der Waals surface area contributed by atoms with Crippen LogP contribution in [0.4, 0.5) is 0 Å². The van der Waals surface area contributed by atoms with Crippen LogP contribution in [-0.4, -0.2) is 36.7 Å². The minimum Gasteiger partial charge on any atom is -0.481 e. The smallest absolute Gasteiger partial charge is 0.306 e. The van der Waals surface area contributed by atoms with Gasteiger partial charge in [-0.3, -0.25) is 9.59 Å². The number of hydrogen-bond acceptors (Lipinski definition) is 3. The number of aliphatic carboxylic acids is 1. The molecule has 0 aromatic rings. The van der Waals surface area contributed by atoms with E-state index in [1.54, 1.807) is 6.92 Å². The van der Waals surface area contributed by atoms with E-state index in [9.17, 15) is 9.59 Å². The molecule has 0 aliphatic carbocycles. The summed E-state index contributed by atoms with van der Waals surface area (Å²) >= 11 is 0. The molecule has 1 atom stereocenters. The third-order valence-corrected chi connectivity index (χ3v) is 1.99. The first-order valence-corrected chi connectivity index (χ1v) is 5.15. The molecule has 0 heterocycles. The second-order valence-electron chi connectivity index (χ2n) is 3.37. The normalized spacial score (nSPS) is 12.1. The van der Waals surface area contributed by atoms with Crippen LogP contribution < -0.4 is 5.32 Å². The van der Waals surface area contributed by atoms with Crippen LogP contribution in [0.5, 0.6) is 0 Å². The minimum atomic E-state index is -0.796. The number of carboxylic acid groups (broad SMARTS) is 1. The van der Waals surface area contributed by atoms with Crippen molar-refractivity contribution in [2.75, 3.05) is 19.8 Å². The van der Waals surface area contributed by atoms with E-state index >= 15 is 0 Å².